The summed E-state index contributed by atoms with van der Waals surface area (Å²) >= 11 is 2.12. The molecule has 10 heavy (non-hydrogen) atoms. The van der Waals surface area contributed by atoms with Crippen LogP contribution >= 0.6 is 22.6 Å². The van der Waals surface area contributed by atoms with Gasteiger partial charge in [0.1, 0.15) is 5.75 Å². The molecule has 0 heterocycles. The lowest BCUT2D eigenvalue weighted by Gasteiger charge is -2.01. The quantitative estimate of drug-likeness (QED) is 0.757. The van der Waals surface area contributed by atoms with Crippen molar-refractivity contribution in [3.8, 4) is 5.75 Å². The molecule has 54 valence electrons. The van der Waals surface area contributed by atoms with Gasteiger partial charge in [0, 0.05) is 0 Å². The summed E-state index contributed by atoms with van der Waals surface area (Å²) in [5.74, 6) is 0.436. The largest absolute Gasteiger partial charge is 0.507 e. The highest BCUT2D eigenvalue weighted by Crippen LogP contribution is 2.23. The molecule has 0 radical (unpaired) electrons. The van der Waals surface area contributed by atoms with Gasteiger partial charge in [-0.05, 0) is 40.6 Å². The van der Waals surface area contributed by atoms with Crippen LogP contribution in [0, 0.1) is 3.57 Å². The second-order valence-electron chi connectivity index (χ2n) is 2.10. The normalized spacial score (nSPS) is 9.80. The number of phenols is 1. The van der Waals surface area contributed by atoms with Crippen molar-refractivity contribution in [2.24, 2.45) is 0 Å². The van der Waals surface area contributed by atoms with Gasteiger partial charge in [-0.3, -0.25) is 0 Å². The fourth-order valence-electron chi connectivity index (χ4n) is 0.845. The van der Waals surface area contributed by atoms with E-state index in [0.717, 1.165) is 15.6 Å². The predicted octanol–water partition coefficient (Wildman–Crippen LogP) is 2.56. The van der Waals surface area contributed by atoms with Gasteiger partial charge in [-0.15, -0.1) is 0 Å². The van der Waals surface area contributed by atoms with Gasteiger partial charge in [-0.2, -0.15) is 0 Å². The molecule has 0 aliphatic heterocycles. The van der Waals surface area contributed by atoms with Crippen LogP contribution in [-0.4, -0.2) is 5.11 Å². The van der Waals surface area contributed by atoms with E-state index in [1.807, 2.05) is 25.1 Å². The number of aromatic hydroxyl groups is 1. The summed E-state index contributed by atoms with van der Waals surface area (Å²) < 4.78 is 0.928. The third kappa shape index (κ3) is 1.42. The molecular weight excluding hydrogens is 239 g/mol. The summed E-state index contributed by atoms with van der Waals surface area (Å²) in [7, 11) is 0. The number of aryl methyl sites for hydroxylation is 1. The molecule has 0 unspecified atom stereocenters. The molecule has 0 spiro atoms. The van der Waals surface area contributed by atoms with E-state index in [1.54, 1.807) is 0 Å². The molecule has 0 aliphatic rings. The van der Waals surface area contributed by atoms with Crippen LogP contribution in [0.4, 0.5) is 0 Å². The van der Waals surface area contributed by atoms with Crippen molar-refractivity contribution < 1.29 is 5.11 Å². The summed E-state index contributed by atoms with van der Waals surface area (Å²) in [6, 6.07) is 5.80. The molecule has 1 aromatic rings. The number of phenolic OH excluding ortho intramolecular Hbond substituents is 1. The Morgan fingerprint density at radius 2 is 2.20 bits per heavy atom. The zero-order valence-corrected chi connectivity index (χ0v) is 7.92. The van der Waals surface area contributed by atoms with Crippen LogP contribution in [0.5, 0.6) is 5.75 Å². The maximum absolute atomic E-state index is 9.39. The summed E-state index contributed by atoms with van der Waals surface area (Å²) in [4.78, 5) is 0. The van der Waals surface area contributed by atoms with Gasteiger partial charge in [-0.25, -0.2) is 0 Å². The van der Waals surface area contributed by atoms with Crippen molar-refractivity contribution in [1.82, 2.24) is 0 Å². The molecule has 2 heteroatoms. The molecule has 0 fully saturated rings. The smallest absolute Gasteiger partial charge is 0.132 e. The van der Waals surface area contributed by atoms with E-state index in [2.05, 4.69) is 22.6 Å². The fraction of sp³-hybridized carbons (Fsp3) is 0.250. The second kappa shape index (κ2) is 3.23. The minimum atomic E-state index is 0.436. The average Bonchev–Trinajstić information content (AvgIpc) is 1.95. The lowest BCUT2D eigenvalue weighted by molar-refractivity contribution is 0.465. The molecule has 0 saturated carbocycles. The molecule has 0 amide bonds. The topological polar surface area (TPSA) is 20.2 Å². The number of para-hydroxylation sites is 1. The van der Waals surface area contributed by atoms with Crippen LogP contribution in [-0.2, 0) is 6.42 Å². The summed E-state index contributed by atoms with van der Waals surface area (Å²) in [5.41, 5.74) is 1.02. The van der Waals surface area contributed by atoms with E-state index in [1.165, 1.54) is 0 Å². The Kier molecular flexibility index (Phi) is 2.54. The summed E-state index contributed by atoms with van der Waals surface area (Å²) in [6.45, 7) is 2.03. The van der Waals surface area contributed by atoms with Crippen molar-refractivity contribution in [3.05, 3.63) is 27.3 Å². The average molecular weight is 248 g/mol. The number of rotatable bonds is 1. The molecule has 1 N–H and O–H groups in total. The number of hydrogen-bond acceptors (Lipinski definition) is 1. The summed E-state index contributed by atoms with van der Waals surface area (Å²) in [5, 5.41) is 9.39. The van der Waals surface area contributed by atoms with Crippen molar-refractivity contribution >= 4 is 22.6 Å². The Hall–Kier alpha value is -0.250. The van der Waals surface area contributed by atoms with Gasteiger partial charge < -0.3 is 5.11 Å². The second-order valence-corrected chi connectivity index (χ2v) is 3.26. The molecule has 1 nitrogen and oxygen atoms in total. The van der Waals surface area contributed by atoms with Crippen LogP contribution in [0.15, 0.2) is 18.2 Å². The molecule has 0 saturated heterocycles. The van der Waals surface area contributed by atoms with E-state index in [-0.39, 0.29) is 0 Å². The van der Waals surface area contributed by atoms with E-state index in [4.69, 9.17) is 0 Å². The Morgan fingerprint density at radius 1 is 1.50 bits per heavy atom. The SMILES string of the molecule is CCc1cccc(I)c1O. The molecule has 1 rings (SSSR count). The highest BCUT2D eigenvalue weighted by Gasteiger charge is 2.00. The van der Waals surface area contributed by atoms with Gasteiger partial charge in [-0.1, -0.05) is 19.1 Å². The standard InChI is InChI=1S/C8H9IO/c1-2-6-4-3-5-7(9)8(6)10/h3-5,10H,2H2,1H3. The minimum absolute atomic E-state index is 0.436. The molecule has 0 bridgehead atoms. The molecule has 1 aromatic carbocycles. The number of benzene rings is 1. The zero-order valence-electron chi connectivity index (χ0n) is 5.76. The van der Waals surface area contributed by atoms with Crippen molar-refractivity contribution in [3.63, 3.8) is 0 Å². The zero-order chi connectivity index (χ0) is 7.56. The third-order valence-electron chi connectivity index (χ3n) is 1.45. The molecule has 0 aliphatic carbocycles. The van der Waals surface area contributed by atoms with Gasteiger partial charge >= 0.3 is 0 Å². The first-order valence-electron chi connectivity index (χ1n) is 3.22. The van der Waals surface area contributed by atoms with Gasteiger partial charge in [0.2, 0.25) is 0 Å². The Morgan fingerprint density at radius 3 is 2.70 bits per heavy atom. The molecule has 0 aromatic heterocycles. The van der Waals surface area contributed by atoms with Gasteiger partial charge in [0.25, 0.3) is 0 Å². The highest BCUT2D eigenvalue weighted by atomic mass is 127. The van der Waals surface area contributed by atoms with E-state index in [0.29, 0.717) is 5.75 Å². The first-order chi connectivity index (χ1) is 4.75. The summed E-state index contributed by atoms with van der Waals surface area (Å²) in [6.07, 6.45) is 0.892. The van der Waals surface area contributed by atoms with Gasteiger partial charge in [0.05, 0.1) is 3.57 Å². The van der Waals surface area contributed by atoms with E-state index in [9.17, 15) is 5.11 Å². The van der Waals surface area contributed by atoms with Crippen LogP contribution < -0.4 is 0 Å². The monoisotopic (exact) mass is 248 g/mol. The first-order valence-corrected chi connectivity index (χ1v) is 4.30. The minimum Gasteiger partial charge on any atom is -0.507 e. The van der Waals surface area contributed by atoms with Crippen molar-refractivity contribution in [1.29, 1.82) is 0 Å². The Bertz CT molecular complexity index is 233. The van der Waals surface area contributed by atoms with Crippen LogP contribution in [0.3, 0.4) is 0 Å². The van der Waals surface area contributed by atoms with E-state index < -0.39 is 0 Å². The number of halogens is 1. The number of hydrogen-bond donors (Lipinski definition) is 1. The van der Waals surface area contributed by atoms with Gasteiger partial charge in [0.15, 0.2) is 0 Å². The predicted molar refractivity (Wildman–Crippen MR) is 50.2 cm³/mol. The molecule has 0 atom stereocenters. The fourth-order valence-corrected chi connectivity index (χ4v) is 1.40. The Labute approximate surface area is 74.2 Å². The van der Waals surface area contributed by atoms with Crippen molar-refractivity contribution in [2.75, 3.05) is 0 Å². The highest BCUT2D eigenvalue weighted by molar-refractivity contribution is 14.1. The first kappa shape index (κ1) is 7.85. The third-order valence-corrected chi connectivity index (χ3v) is 2.32. The lowest BCUT2D eigenvalue weighted by Crippen LogP contribution is -1.82. The Balaban J connectivity index is 3.14. The van der Waals surface area contributed by atoms with Crippen molar-refractivity contribution in [2.45, 2.75) is 13.3 Å². The van der Waals surface area contributed by atoms with Crippen LogP contribution in [0.1, 0.15) is 12.5 Å². The van der Waals surface area contributed by atoms with E-state index >= 15 is 0 Å². The maximum Gasteiger partial charge on any atom is 0.132 e. The van der Waals surface area contributed by atoms with Crippen LogP contribution in [0.2, 0.25) is 0 Å². The maximum atomic E-state index is 9.39. The lowest BCUT2D eigenvalue weighted by atomic mass is 10.1. The van der Waals surface area contributed by atoms with Crippen LogP contribution in [0.25, 0.3) is 0 Å². The molecular formula is C8H9IO.